The van der Waals surface area contributed by atoms with Crippen LogP contribution in [0.2, 0.25) is 15.1 Å². The van der Waals surface area contributed by atoms with E-state index >= 15 is 0 Å². The number of rotatable bonds is 7. The highest BCUT2D eigenvalue weighted by atomic mass is 35.5. The van der Waals surface area contributed by atoms with E-state index in [4.69, 9.17) is 44.3 Å². The molecule has 0 radical (unpaired) electrons. The first-order valence-electron chi connectivity index (χ1n) is 9.95. The van der Waals surface area contributed by atoms with Crippen molar-refractivity contribution in [1.29, 1.82) is 0 Å². The minimum Gasteiger partial charge on any atom is -0.490 e. The lowest BCUT2D eigenvalue weighted by molar-refractivity contribution is 0.329. The number of aryl methyl sites for hydroxylation is 1. The summed E-state index contributed by atoms with van der Waals surface area (Å²) < 4.78 is 13.0. The van der Waals surface area contributed by atoms with Crippen molar-refractivity contribution < 1.29 is 9.47 Å². The van der Waals surface area contributed by atoms with Crippen molar-refractivity contribution in [3.63, 3.8) is 0 Å². The van der Waals surface area contributed by atoms with E-state index in [1.165, 1.54) is 10.9 Å². The van der Waals surface area contributed by atoms with E-state index in [0.717, 1.165) is 5.56 Å². The molecule has 0 bridgehead atoms. The Bertz CT molecular complexity index is 1130. The van der Waals surface area contributed by atoms with Crippen LogP contribution < -0.4 is 20.3 Å². The fraction of sp³-hybridized carbons (Fsp3) is 0.304. The van der Waals surface area contributed by atoms with Crippen molar-refractivity contribution in [2.75, 3.05) is 18.5 Å². The molecule has 0 unspecified atom stereocenters. The van der Waals surface area contributed by atoms with Gasteiger partial charge in [-0.15, -0.1) is 0 Å². The number of benzene rings is 2. The van der Waals surface area contributed by atoms with E-state index in [9.17, 15) is 4.79 Å². The van der Waals surface area contributed by atoms with Crippen molar-refractivity contribution in [3.05, 3.63) is 73.6 Å². The molecule has 0 saturated carbocycles. The van der Waals surface area contributed by atoms with Gasteiger partial charge in [-0.3, -0.25) is 4.79 Å². The Morgan fingerprint density at radius 2 is 1.75 bits per heavy atom. The highest BCUT2D eigenvalue weighted by molar-refractivity contribution is 6.33. The molecule has 0 saturated heterocycles. The predicted octanol–water partition coefficient (Wildman–Crippen LogP) is 6.55. The molecule has 3 aromatic rings. The molecule has 0 aliphatic heterocycles. The quantitative estimate of drug-likeness (QED) is 0.376. The van der Waals surface area contributed by atoms with Crippen molar-refractivity contribution in [2.45, 2.75) is 33.2 Å². The highest BCUT2D eigenvalue weighted by Crippen LogP contribution is 2.35. The lowest BCUT2D eigenvalue weighted by atomic mass is 10.1. The number of hydrogen-bond donors (Lipinski definition) is 1. The summed E-state index contributed by atoms with van der Waals surface area (Å²) in [5.41, 5.74) is 0.476. The van der Waals surface area contributed by atoms with E-state index in [1.54, 1.807) is 30.3 Å². The summed E-state index contributed by atoms with van der Waals surface area (Å²) in [4.78, 5) is 12.4. The molecule has 0 atom stereocenters. The first kappa shape index (κ1) is 24.2. The van der Waals surface area contributed by atoms with Gasteiger partial charge >= 0.3 is 0 Å². The van der Waals surface area contributed by atoms with Gasteiger partial charge in [0.2, 0.25) is 0 Å². The maximum Gasteiger partial charge on any atom is 0.288 e. The number of nitrogens with one attached hydrogen (secondary N) is 1. The third-order valence-corrected chi connectivity index (χ3v) is 5.37. The van der Waals surface area contributed by atoms with Gasteiger partial charge < -0.3 is 14.8 Å². The molecule has 2 aromatic carbocycles. The Hall–Kier alpha value is -2.41. The number of hydrogen-bond acceptors (Lipinski definition) is 5. The SMILES string of the molecule is Cc1cc(Oc2ccc(Cl)cc2)cc(Cl)c1OCCNc1cnn(C(C)(C)C)c(=O)c1Cl. The van der Waals surface area contributed by atoms with Gasteiger partial charge in [0, 0.05) is 17.6 Å². The Kier molecular flexibility index (Phi) is 7.59. The zero-order valence-electron chi connectivity index (χ0n) is 18.2. The van der Waals surface area contributed by atoms with Crippen LogP contribution in [-0.2, 0) is 5.54 Å². The smallest absolute Gasteiger partial charge is 0.288 e. The molecule has 0 aliphatic carbocycles. The maximum atomic E-state index is 12.4. The normalized spacial score (nSPS) is 11.3. The maximum absolute atomic E-state index is 12.4. The lowest BCUT2D eigenvalue weighted by Gasteiger charge is -2.21. The summed E-state index contributed by atoms with van der Waals surface area (Å²) in [6.07, 6.45) is 1.54. The Morgan fingerprint density at radius 3 is 2.38 bits per heavy atom. The van der Waals surface area contributed by atoms with Crippen molar-refractivity contribution >= 4 is 40.5 Å². The molecular formula is C23H24Cl3N3O3. The summed E-state index contributed by atoms with van der Waals surface area (Å²) in [5, 5.41) is 8.44. The van der Waals surface area contributed by atoms with Crippen LogP contribution in [-0.4, -0.2) is 22.9 Å². The molecular weight excluding hydrogens is 473 g/mol. The lowest BCUT2D eigenvalue weighted by Crippen LogP contribution is -2.36. The highest BCUT2D eigenvalue weighted by Gasteiger charge is 2.19. The summed E-state index contributed by atoms with van der Waals surface area (Å²) in [6.45, 7) is 8.25. The standard InChI is InChI=1S/C23H24Cl3N3O3/c1-14-11-17(32-16-7-5-15(24)6-8-16)12-18(25)21(14)31-10-9-27-19-13-28-29(23(2,3)4)22(30)20(19)26/h5-8,11-13,27H,9-10H2,1-4H3. The monoisotopic (exact) mass is 495 g/mol. The largest absolute Gasteiger partial charge is 0.490 e. The Labute approximate surface area is 202 Å². The van der Waals surface area contributed by atoms with Crippen LogP contribution in [0.1, 0.15) is 26.3 Å². The number of nitrogens with zero attached hydrogens (tertiary/aromatic N) is 2. The van der Waals surface area contributed by atoms with Crippen LogP contribution >= 0.6 is 34.8 Å². The zero-order chi connectivity index (χ0) is 23.5. The average Bonchev–Trinajstić information content (AvgIpc) is 2.70. The molecule has 0 aliphatic rings. The van der Waals surface area contributed by atoms with E-state index in [0.29, 0.717) is 46.1 Å². The van der Waals surface area contributed by atoms with Crippen LogP contribution in [0.3, 0.4) is 0 Å². The predicted molar refractivity (Wildman–Crippen MR) is 130 cm³/mol. The number of ether oxygens (including phenoxy) is 2. The molecule has 0 spiro atoms. The summed E-state index contributed by atoms with van der Waals surface area (Å²) in [6, 6.07) is 10.6. The first-order valence-corrected chi connectivity index (χ1v) is 11.1. The second kappa shape index (κ2) is 10.0. The molecule has 1 aromatic heterocycles. The van der Waals surface area contributed by atoms with E-state index < -0.39 is 5.54 Å². The first-order chi connectivity index (χ1) is 15.1. The third-order valence-electron chi connectivity index (χ3n) is 4.47. The van der Waals surface area contributed by atoms with Crippen LogP contribution in [0.25, 0.3) is 0 Å². The average molecular weight is 497 g/mol. The molecule has 1 heterocycles. The minimum absolute atomic E-state index is 0.0906. The van der Waals surface area contributed by atoms with Crippen molar-refractivity contribution in [3.8, 4) is 17.2 Å². The van der Waals surface area contributed by atoms with E-state index in [-0.39, 0.29) is 10.6 Å². The van der Waals surface area contributed by atoms with Crippen LogP contribution in [0, 0.1) is 6.92 Å². The zero-order valence-corrected chi connectivity index (χ0v) is 20.5. The Morgan fingerprint density at radius 1 is 1.06 bits per heavy atom. The number of aromatic nitrogens is 2. The molecule has 32 heavy (non-hydrogen) atoms. The van der Waals surface area contributed by atoms with Crippen molar-refractivity contribution in [1.82, 2.24) is 9.78 Å². The number of anilines is 1. The molecule has 170 valence electrons. The van der Waals surface area contributed by atoms with Gasteiger partial charge in [-0.25, -0.2) is 4.68 Å². The third kappa shape index (κ3) is 5.88. The minimum atomic E-state index is -0.458. The van der Waals surface area contributed by atoms with Crippen LogP contribution in [0.5, 0.6) is 17.2 Å². The molecule has 3 rings (SSSR count). The van der Waals surface area contributed by atoms with Gasteiger partial charge in [0.25, 0.3) is 5.56 Å². The fourth-order valence-electron chi connectivity index (χ4n) is 2.95. The summed E-state index contributed by atoms with van der Waals surface area (Å²) in [5.74, 6) is 1.81. The van der Waals surface area contributed by atoms with Crippen LogP contribution in [0.15, 0.2) is 47.4 Å². The second-order valence-corrected chi connectivity index (χ2v) is 9.36. The summed E-state index contributed by atoms with van der Waals surface area (Å²) >= 11 is 18.5. The van der Waals surface area contributed by atoms with Crippen molar-refractivity contribution in [2.24, 2.45) is 0 Å². The molecule has 6 nitrogen and oxygen atoms in total. The Balaban J connectivity index is 1.61. The molecule has 9 heteroatoms. The van der Waals surface area contributed by atoms with Gasteiger partial charge in [0.05, 0.1) is 22.4 Å². The van der Waals surface area contributed by atoms with E-state index in [2.05, 4.69) is 10.4 Å². The second-order valence-electron chi connectivity index (χ2n) is 8.14. The van der Waals surface area contributed by atoms with Gasteiger partial charge in [0.1, 0.15) is 28.9 Å². The topological polar surface area (TPSA) is 65.4 Å². The number of halogens is 3. The van der Waals surface area contributed by atoms with Gasteiger partial charge in [-0.2, -0.15) is 5.10 Å². The fourth-order valence-corrected chi connectivity index (χ4v) is 3.59. The van der Waals surface area contributed by atoms with Crippen LogP contribution in [0.4, 0.5) is 5.69 Å². The molecule has 0 fully saturated rings. The molecule has 1 N–H and O–H groups in total. The van der Waals surface area contributed by atoms with Gasteiger partial charge in [0.15, 0.2) is 0 Å². The van der Waals surface area contributed by atoms with Gasteiger partial charge in [-0.05, 0) is 63.6 Å². The van der Waals surface area contributed by atoms with Gasteiger partial charge in [-0.1, -0.05) is 34.8 Å². The van der Waals surface area contributed by atoms with E-state index in [1.807, 2.05) is 33.8 Å². The molecule has 0 amide bonds. The summed E-state index contributed by atoms with van der Waals surface area (Å²) in [7, 11) is 0.